The van der Waals surface area contributed by atoms with Crippen molar-refractivity contribution in [2.75, 3.05) is 26.2 Å². The molecular formula is C40H41BrF3N3O7. The van der Waals surface area contributed by atoms with Crippen LogP contribution in [0.4, 0.5) is 13.2 Å². The second-order valence-electron chi connectivity index (χ2n) is 13.9. The first-order valence-corrected chi connectivity index (χ1v) is 18.8. The van der Waals surface area contributed by atoms with Gasteiger partial charge in [-0.05, 0) is 94.9 Å². The number of amides is 2. The number of aryl methyl sites for hydroxylation is 1. The Hall–Kier alpha value is -4.69. The van der Waals surface area contributed by atoms with Crippen molar-refractivity contribution < 1.29 is 46.9 Å². The van der Waals surface area contributed by atoms with E-state index in [-0.39, 0.29) is 61.8 Å². The zero-order chi connectivity index (χ0) is 38.4. The van der Waals surface area contributed by atoms with Crippen molar-refractivity contribution >= 4 is 45.8 Å². The van der Waals surface area contributed by atoms with Crippen LogP contribution < -0.4 is 10.1 Å². The van der Waals surface area contributed by atoms with E-state index >= 15 is 0 Å². The second kappa shape index (κ2) is 17.6. The van der Waals surface area contributed by atoms with Gasteiger partial charge in [0, 0.05) is 43.4 Å². The van der Waals surface area contributed by atoms with E-state index in [1.807, 2.05) is 24.3 Å². The van der Waals surface area contributed by atoms with Crippen molar-refractivity contribution in [2.45, 2.75) is 75.6 Å². The van der Waals surface area contributed by atoms with Crippen LogP contribution in [0.15, 0.2) is 70.7 Å². The lowest BCUT2D eigenvalue weighted by Gasteiger charge is -2.45. The van der Waals surface area contributed by atoms with Crippen LogP contribution in [-0.2, 0) is 36.8 Å². The number of hydrogen-bond donors (Lipinski definition) is 2. The molecule has 1 saturated heterocycles. The molecule has 2 amide bonds. The van der Waals surface area contributed by atoms with Gasteiger partial charge in [0.2, 0.25) is 5.91 Å². The average molecular weight is 813 g/mol. The lowest BCUT2D eigenvalue weighted by molar-refractivity contribution is -0.147. The summed E-state index contributed by atoms with van der Waals surface area (Å²) < 4.78 is 53.6. The fraction of sp³-hybridized carbons (Fsp3) is 0.400. The van der Waals surface area contributed by atoms with Crippen LogP contribution in [0, 0.1) is 17.5 Å². The Morgan fingerprint density at radius 1 is 1.02 bits per heavy atom. The summed E-state index contributed by atoms with van der Waals surface area (Å²) in [5, 5.41) is 12.8. The summed E-state index contributed by atoms with van der Waals surface area (Å²) in [4.78, 5) is 53.8. The van der Waals surface area contributed by atoms with Gasteiger partial charge in [-0.3, -0.25) is 19.2 Å². The highest BCUT2D eigenvalue weighted by Crippen LogP contribution is 2.37. The van der Waals surface area contributed by atoms with E-state index in [4.69, 9.17) is 9.47 Å². The SMILES string of the molecule is O=CO[C@@H](CC(=O)O)CC(=O)N1C[C@H]2CC(c3ccc(CCCOc4cc(F)ccc4Br)cc3)=C(C(=O)N(CCc3cccc(F)c3F)C3CC3)[C@@H](C1)N2. The molecule has 1 saturated carbocycles. The van der Waals surface area contributed by atoms with Crippen LogP contribution >= 0.6 is 15.9 Å². The third kappa shape index (κ3) is 9.69. The zero-order valence-electron chi connectivity index (χ0n) is 29.4. The number of hydrogen-bond acceptors (Lipinski definition) is 7. The predicted octanol–water partition coefficient (Wildman–Crippen LogP) is 5.84. The van der Waals surface area contributed by atoms with Gasteiger partial charge in [-0.15, -0.1) is 0 Å². The van der Waals surface area contributed by atoms with Gasteiger partial charge in [0.15, 0.2) is 11.6 Å². The van der Waals surface area contributed by atoms with Crippen molar-refractivity contribution in [3.8, 4) is 5.75 Å². The van der Waals surface area contributed by atoms with Gasteiger partial charge in [0.25, 0.3) is 12.4 Å². The second-order valence-corrected chi connectivity index (χ2v) is 14.7. The average Bonchev–Trinajstić information content (AvgIpc) is 3.98. The maximum atomic E-state index is 14.7. The molecule has 1 aliphatic carbocycles. The van der Waals surface area contributed by atoms with Crippen molar-refractivity contribution in [3.05, 3.63) is 105 Å². The molecule has 10 nitrogen and oxygen atoms in total. The number of carbonyl (C=O) groups excluding carboxylic acids is 3. The van der Waals surface area contributed by atoms with Crippen LogP contribution in [0.5, 0.6) is 5.75 Å². The highest BCUT2D eigenvalue weighted by molar-refractivity contribution is 9.10. The smallest absolute Gasteiger partial charge is 0.307 e. The number of carboxylic acids is 1. The molecule has 2 N–H and O–H groups in total. The molecule has 3 aromatic carbocycles. The van der Waals surface area contributed by atoms with Gasteiger partial charge in [-0.25, -0.2) is 13.2 Å². The molecule has 286 valence electrons. The number of rotatable bonds is 17. The molecule has 0 spiro atoms. The van der Waals surface area contributed by atoms with E-state index < -0.39 is 42.1 Å². The van der Waals surface area contributed by atoms with Crippen molar-refractivity contribution in [3.63, 3.8) is 0 Å². The Morgan fingerprint density at radius 3 is 2.52 bits per heavy atom. The highest BCUT2D eigenvalue weighted by Gasteiger charge is 2.43. The summed E-state index contributed by atoms with van der Waals surface area (Å²) in [5.74, 6) is -3.68. The Kier molecular flexibility index (Phi) is 12.7. The van der Waals surface area contributed by atoms with Gasteiger partial charge in [0.1, 0.15) is 17.7 Å². The van der Waals surface area contributed by atoms with Gasteiger partial charge in [-0.2, -0.15) is 0 Å². The molecule has 0 unspecified atom stereocenters. The Morgan fingerprint density at radius 2 is 1.80 bits per heavy atom. The number of nitrogens with one attached hydrogen (secondary N) is 1. The van der Waals surface area contributed by atoms with Crippen LogP contribution in [0.1, 0.15) is 55.2 Å². The third-order valence-corrected chi connectivity index (χ3v) is 10.7. The number of aliphatic carboxylic acids is 1. The molecule has 0 radical (unpaired) electrons. The lowest BCUT2D eigenvalue weighted by Crippen LogP contribution is -2.62. The van der Waals surface area contributed by atoms with E-state index in [0.717, 1.165) is 35.6 Å². The number of piperazine rings is 1. The summed E-state index contributed by atoms with van der Waals surface area (Å²) in [6.07, 6.45) is 1.51. The quantitative estimate of drug-likeness (QED) is 0.129. The van der Waals surface area contributed by atoms with Crippen molar-refractivity contribution in [1.82, 2.24) is 15.1 Å². The molecular weight excluding hydrogens is 771 g/mol. The molecule has 14 heteroatoms. The molecule has 54 heavy (non-hydrogen) atoms. The Bertz CT molecular complexity index is 1910. The van der Waals surface area contributed by atoms with Crippen LogP contribution in [0.3, 0.4) is 0 Å². The predicted molar refractivity (Wildman–Crippen MR) is 196 cm³/mol. The van der Waals surface area contributed by atoms with E-state index in [1.165, 1.54) is 24.3 Å². The molecule has 3 aliphatic rings. The zero-order valence-corrected chi connectivity index (χ0v) is 31.0. The first kappa shape index (κ1) is 39.0. The van der Waals surface area contributed by atoms with Gasteiger partial charge in [-0.1, -0.05) is 36.4 Å². The number of benzene rings is 3. The molecule has 2 fully saturated rings. The van der Waals surface area contributed by atoms with Gasteiger partial charge in [0.05, 0.1) is 30.0 Å². The molecule has 3 atom stereocenters. The molecule has 2 heterocycles. The number of halogens is 4. The van der Waals surface area contributed by atoms with Crippen molar-refractivity contribution in [2.24, 2.45) is 0 Å². The number of ether oxygens (including phenoxy) is 2. The lowest BCUT2D eigenvalue weighted by atomic mass is 9.82. The van der Waals surface area contributed by atoms with Crippen molar-refractivity contribution in [1.29, 1.82) is 0 Å². The fourth-order valence-corrected chi connectivity index (χ4v) is 7.59. The van der Waals surface area contributed by atoms with Crippen LogP contribution in [0.25, 0.3) is 5.57 Å². The monoisotopic (exact) mass is 811 g/mol. The van der Waals surface area contributed by atoms with E-state index in [0.29, 0.717) is 48.2 Å². The summed E-state index contributed by atoms with van der Waals surface area (Å²) in [7, 11) is 0. The minimum Gasteiger partial charge on any atom is -0.492 e. The van der Waals surface area contributed by atoms with E-state index in [1.54, 1.807) is 15.9 Å². The number of carbonyl (C=O) groups is 4. The van der Waals surface area contributed by atoms with E-state index in [9.17, 15) is 37.5 Å². The summed E-state index contributed by atoms with van der Waals surface area (Å²) >= 11 is 3.37. The van der Waals surface area contributed by atoms with Gasteiger partial charge < -0.3 is 29.7 Å². The fourth-order valence-electron chi connectivity index (χ4n) is 7.23. The number of carboxylic acid groups (broad SMARTS) is 1. The molecule has 6 rings (SSSR count). The Labute approximate surface area is 319 Å². The summed E-state index contributed by atoms with van der Waals surface area (Å²) in [5.41, 5.74) is 3.40. The standard InChI is InChI=1S/C40H41BrF3N3O7/c41-32-13-10-27(42)17-35(32)53-16-2-3-24-6-8-25(9-7-24)31-18-28-21-46(36(49)19-30(54-23-48)20-37(50)51)22-34(45-28)38(31)40(52)47(29-11-12-29)15-14-26-4-1-5-33(43)39(26)44/h1,4-10,13,17,23,28-30,34,45H,2-3,11-12,14-16,18-22H2,(H,50,51)/t28-,30-,34-/m1/s1. The Balaban J connectivity index is 1.23. The van der Waals surface area contributed by atoms with Crippen LogP contribution in [0.2, 0.25) is 0 Å². The third-order valence-electron chi connectivity index (χ3n) is 10.0. The minimum absolute atomic E-state index is 0.0585. The molecule has 2 bridgehead atoms. The maximum absolute atomic E-state index is 14.7. The first-order chi connectivity index (χ1) is 26.0. The van der Waals surface area contributed by atoms with Gasteiger partial charge >= 0.3 is 5.97 Å². The number of fused-ring (bicyclic) bond motifs is 2. The topological polar surface area (TPSA) is 125 Å². The van der Waals surface area contributed by atoms with Crippen LogP contribution in [-0.4, -0.2) is 89.6 Å². The first-order valence-electron chi connectivity index (χ1n) is 18.0. The molecule has 0 aromatic heterocycles. The normalized spacial score (nSPS) is 18.6. The molecule has 2 aliphatic heterocycles. The minimum atomic E-state index is -1.21. The molecule has 3 aromatic rings. The largest absolute Gasteiger partial charge is 0.492 e. The summed E-state index contributed by atoms with van der Waals surface area (Å²) in [6.45, 7) is 1.11. The summed E-state index contributed by atoms with van der Waals surface area (Å²) in [6, 6.07) is 15.4. The van der Waals surface area contributed by atoms with E-state index in [2.05, 4.69) is 21.2 Å². The highest BCUT2D eigenvalue weighted by atomic mass is 79.9. The maximum Gasteiger partial charge on any atom is 0.307 e. The number of nitrogens with zero attached hydrogens (tertiary/aromatic N) is 2.